The molecule has 0 saturated heterocycles. The van der Waals surface area contributed by atoms with Gasteiger partial charge in [0.1, 0.15) is 10.7 Å². The van der Waals surface area contributed by atoms with Crippen LogP contribution in [0.15, 0.2) is 51.9 Å². The Labute approximate surface area is 209 Å². The van der Waals surface area contributed by atoms with Crippen molar-refractivity contribution in [3.63, 3.8) is 0 Å². The normalized spacial score (nSPS) is 16.2. The van der Waals surface area contributed by atoms with Crippen LogP contribution in [0.3, 0.4) is 0 Å². The zero-order valence-electron chi connectivity index (χ0n) is 18.0. The van der Waals surface area contributed by atoms with E-state index in [2.05, 4.69) is 21.2 Å². The van der Waals surface area contributed by atoms with E-state index < -0.39 is 0 Å². The van der Waals surface area contributed by atoms with Gasteiger partial charge in [0.2, 0.25) is 0 Å². The fourth-order valence-corrected chi connectivity index (χ4v) is 6.15. The second-order valence-electron chi connectivity index (χ2n) is 8.02. The lowest BCUT2D eigenvalue weighted by atomic mass is 9.95. The summed E-state index contributed by atoms with van der Waals surface area (Å²) in [5.41, 5.74) is 4.32. The monoisotopic (exact) mass is 541 g/mol. The van der Waals surface area contributed by atoms with Crippen LogP contribution in [0.5, 0.6) is 0 Å². The topological polar surface area (TPSA) is 61.8 Å². The molecule has 2 aromatic carbocycles. The van der Waals surface area contributed by atoms with Gasteiger partial charge in [-0.25, -0.2) is 4.99 Å². The zero-order chi connectivity index (χ0) is 23.1. The summed E-state index contributed by atoms with van der Waals surface area (Å²) in [6.45, 7) is 2.50. The van der Waals surface area contributed by atoms with Crippen LogP contribution in [0.2, 0.25) is 5.02 Å². The summed E-state index contributed by atoms with van der Waals surface area (Å²) in [5, 5.41) is 4.19. The maximum absolute atomic E-state index is 13.4. The second kappa shape index (κ2) is 9.05. The fraction of sp³-hybridized carbons (Fsp3) is 0.240. The highest BCUT2D eigenvalue weighted by atomic mass is 79.9. The van der Waals surface area contributed by atoms with Crippen LogP contribution in [0.4, 0.5) is 16.4 Å². The summed E-state index contributed by atoms with van der Waals surface area (Å²) in [4.78, 5) is 34.4. The molecule has 33 heavy (non-hydrogen) atoms. The maximum atomic E-state index is 13.4. The molecule has 1 aromatic heterocycles. The zero-order valence-corrected chi connectivity index (χ0v) is 21.1. The first-order chi connectivity index (χ1) is 16.0. The number of likely N-dealkylation sites (N-methyl/N-ethyl adjacent to an activating group) is 1. The Morgan fingerprint density at radius 1 is 1.18 bits per heavy atom. The number of thiophene rings is 1. The van der Waals surface area contributed by atoms with Crippen LogP contribution in [0, 0.1) is 0 Å². The number of carbonyl (C=O) groups is 2. The molecule has 1 aliphatic heterocycles. The number of nitrogens with zero attached hydrogens (tertiary/aromatic N) is 2. The molecule has 2 aliphatic rings. The Balaban J connectivity index is 1.60. The van der Waals surface area contributed by atoms with Crippen molar-refractivity contribution in [3.8, 4) is 0 Å². The highest BCUT2D eigenvalue weighted by Gasteiger charge is 2.34. The predicted molar refractivity (Wildman–Crippen MR) is 139 cm³/mol. The van der Waals surface area contributed by atoms with Crippen molar-refractivity contribution in [2.24, 2.45) is 4.99 Å². The molecule has 2 heterocycles. The Morgan fingerprint density at radius 3 is 2.70 bits per heavy atom. The average molecular weight is 543 g/mol. The van der Waals surface area contributed by atoms with E-state index in [0.29, 0.717) is 33.5 Å². The Kier molecular flexibility index (Phi) is 6.12. The first-order valence-corrected chi connectivity index (χ1v) is 12.9. The minimum atomic E-state index is -0.205. The number of amides is 2. The third kappa shape index (κ3) is 4.14. The largest absolute Gasteiger partial charge is 0.322 e. The quantitative estimate of drug-likeness (QED) is 0.395. The van der Waals surface area contributed by atoms with Crippen molar-refractivity contribution in [1.29, 1.82) is 0 Å². The van der Waals surface area contributed by atoms with Gasteiger partial charge < -0.3 is 10.2 Å². The molecule has 0 atom stereocenters. The summed E-state index contributed by atoms with van der Waals surface area (Å²) in [5.74, 6) is -0.343. The molecule has 2 amide bonds. The van der Waals surface area contributed by atoms with Crippen molar-refractivity contribution in [2.75, 3.05) is 16.8 Å². The summed E-state index contributed by atoms with van der Waals surface area (Å²) in [7, 11) is 0. The van der Waals surface area contributed by atoms with Gasteiger partial charge in [-0.3, -0.25) is 9.59 Å². The molecule has 5 rings (SSSR count). The van der Waals surface area contributed by atoms with Crippen molar-refractivity contribution < 1.29 is 9.59 Å². The van der Waals surface area contributed by atoms with Gasteiger partial charge in [0.05, 0.1) is 11.3 Å². The van der Waals surface area contributed by atoms with Crippen molar-refractivity contribution in [2.45, 2.75) is 32.6 Å². The third-order valence-electron chi connectivity index (χ3n) is 5.96. The highest BCUT2D eigenvalue weighted by molar-refractivity contribution is 9.10. The summed E-state index contributed by atoms with van der Waals surface area (Å²) < 4.78 is 0.880. The minimum absolute atomic E-state index is 0.138. The molecule has 0 unspecified atom stereocenters. The lowest BCUT2D eigenvalue weighted by Gasteiger charge is -2.13. The van der Waals surface area contributed by atoms with Gasteiger partial charge in [-0.15, -0.1) is 11.3 Å². The van der Waals surface area contributed by atoms with Gasteiger partial charge in [0.25, 0.3) is 11.8 Å². The highest BCUT2D eigenvalue weighted by Crippen LogP contribution is 2.42. The molecule has 168 valence electrons. The molecular formula is C25H21BrClN3O2S. The summed E-state index contributed by atoms with van der Waals surface area (Å²) >= 11 is 11.0. The van der Waals surface area contributed by atoms with Gasteiger partial charge in [-0.2, -0.15) is 0 Å². The van der Waals surface area contributed by atoms with E-state index in [-0.39, 0.29) is 11.8 Å². The molecule has 1 aliphatic carbocycles. The van der Waals surface area contributed by atoms with E-state index in [0.717, 1.165) is 47.0 Å². The summed E-state index contributed by atoms with van der Waals surface area (Å²) in [6.07, 6.45) is 3.92. The van der Waals surface area contributed by atoms with Gasteiger partial charge >= 0.3 is 0 Å². The van der Waals surface area contributed by atoms with Gasteiger partial charge in [0.15, 0.2) is 0 Å². The Morgan fingerprint density at radius 2 is 1.94 bits per heavy atom. The number of fused-ring (bicyclic) bond motifs is 2. The average Bonchev–Trinajstić information content (AvgIpc) is 3.30. The molecule has 0 saturated carbocycles. The van der Waals surface area contributed by atoms with Gasteiger partial charge in [-0.05, 0) is 80.6 Å². The SMILES string of the molecule is CCN1C(=O)C(=Nc2sc3c(c2C(=O)Nc2ccc(Cl)cc2)CCCC3)c2cc(Br)ccc21. The molecular weight excluding hydrogens is 522 g/mol. The number of nitrogens with one attached hydrogen (secondary N) is 1. The minimum Gasteiger partial charge on any atom is -0.322 e. The number of anilines is 2. The van der Waals surface area contributed by atoms with Crippen LogP contribution in [0.1, 0.15) is 46.1 Å². The van der Waals surface area contributed by atoms with Crippen molar-refractivity contribution in [3.05, 3.63) is 73.5 Å². The summed E-state index contributed by atoms with van der Waals surface area (Å²) in [6, 6.07) is 12.8. The molecule has 0 spiro atoms. The molecule has 3 aromatic rings. The molecule has 1 N–H and O–H groups in total. The van der Waals surface area contributed by atoms with E-state index in [1.165, 1.54) is 16.2 Å². The molecule has 8 heteroatoms. The first kappa shape index (κ1) is 22.3. The first-order valence-electron chi connectivity index (χ1n) is 10.9. The van der Waals surface area contributed by atoms with E-state index in [4.69, 9.17) is 16.6 Å². The van der Waals surface area contributed by atoms with Crippen LogP contribution in [-0.4, -0.2) is 24.1 Å². The second-order valence-corrected chi connectivity index (χ2v) is 10.5. The van der Waals surface area contributed by atoms with E-state index >= 15 is 0 Å². The molecule has 0 bridgehead atoms. The van der Waals surface area contributed by atoms with E-state index in [1.807, 2.05) is 25.1 Å². The van der Waals surface area contributed by atoms with E-state index in [9.17, 15) is 9.59 Å². The number of carbonyl (C=O) groups excluding carboxylic acids is 2. The number of hydrogen-bond acceptors (Lipinski definition) is 4. The number of aliphatic imine (C=N–C) groups is 1. The van der Waals surface area contributed by atoms with Crippen LogP contribution in [0.25, 0.3) is 0 Å². The van der Waals surface area contributed by atoms with Crippen LogP contribution in [-0.2, 0) is 17.6 Å². The van der Waals surface area contributed by atoms with Gasteiger partial charge in [-0.1, -0.05) is 27.5 Å². The lowest BCUT2D eigenvalue weighted by molar-refractivity contribution is -0.112. The fourth-order valence-electron chi connectivity index (χ4n) is 4.40. The van der Waals surface area contributed by atoms with Gasteiger partial charge in [0, 0.05) is 32.2 Å². The number of hydrogen-bond donors (Lipinski definition) is 1. The standard InChI is InChI=1S/C25H21BrClN3O2S/c1-2-30-19-12-7-14(26)13-18(19)22(25(30)32)29-24-21(17-5-3-4-6-20(17)33-24)23(31)28-16-10-8-15(27)9-11-16/h7-13H,2-6H2,1H3,(H,28,31). The van der Waals surface area contributed by atoms with Crippen LogP contribution < -0.4 is 10.2 Å². The van der Waals surface area contributed by atoms with Crippen molar-refractivity contribution >= 4 is 72.8 Å². The van der Waals surface area contributed by atoms with Crippen molar-refractivity contribution in [1.82, 2.24) is 0 Å². The maximum Gasteiger partial charge on any atom is 0.277 e. The Hall–Kier alpha value is -2.48. The number of rotatable bonds is 4. The lowest BCUT2D eigenvalue weighted by Crippen LogP contribution is -2.29. The number of halogens is 2. The smallest absolute Gasteiger partial charge is 0.277 e. The van der Waals surface area contributed by atoms with E-state index in [1.54, 1.807) is 29.2 Å². The molecule has 0 fully saturated rings. The number of benzene rings is 2. The van der Waals surface area contributed by atoms with Crippen LogP contribution >= 0.6 is 38.9 Å². The third-order valence-corrected chi connectivity index (χ3v) is 7.89. The molecule has 0 radical (unpaired) electrons. The predicted octanol–water partition coefficient (Wildman–Crippen LogP) is 6.78. The number of aryl methyl sites for hydroxylation is 1. The Bertz CT molecular complexity index is 1300. The molecule has 5 nitrogen and oxygen atoms in total.